The fourth-order valence-corrected chi connectivity index (χ4v) is 2.80. The lowest BCUT2D eigenvalue weighted by molar-refractivity contribution is 0.0162. The molecule has 0 aliphatic carbocycles. The lowest BCUT2D eigenvalue weighted by atomic mass is 10.0. The second kappa shape index (κ2) is 8.37. The highest BCUT2D eigenvalue weighted by molar-refractivity contribution is 5.30. The molecule has 0 bridgehead atoms. The highest BCUT2D eigenvalue weighted by Gasteiger charge is 2.17. The molecule has 2 unspecified atom stereocenters. The van der Waals surface area contributed by atoms with E-state index in [-0.39, 0.29) is 0 Å². The lowest BCUT2D eigenvalue weighted by Gasteiger charge is -2.28. The molecule has 1 saturated heterocycles. The number of hydrogen-bond acceptors (Lipinski definition) is 4. The number of methoxy groups -OCH3 is 1. The van der Waals surface area contributed by atoms with Gasteiger partial charge >= 0.3 is 0 Å². The van der Waals surface area contributed by atoms with Gasteiger partial charge in [-0.05, 0) is 51.1 Å². The summed E-state index contributed by atoms with van der Waals surface area (Å²) in [7, 11) is 5.94. The van der Waals surface area contributed by atoms with Gasteiger partial charge < -0.3 is 19.7 Å². The normalized spacial score (nSPS) is 20.5. The summed E-state index contributed by atoms with van der Waals surface area (Å²) in [6.07, 6.45) is 4.06. The molecule has 1 aliphatic heterocycles. The molecule has 1 fully saturated rings. The zero-order chi connectivity index (χ0) is 15.1. The summed E-state index contributed by atoms with van der Waals surface area (Å²) >= 11 is 0. The average molecular weight is 292 g/mol. The van der Waals surface area contributed by atoms with Crippen molar-refractivity contribution in [1.82, 2.24) is 10.2 Å². The maximum absolute atomic E-state index is 5.77. The molecular weight excluding hydrogens is 264 g/mol. The fraction of sp³-hybridized carbons (Fsp3) is 0.647. The van der Waals surface area contributed by atoms with Gasteiger partial charge in [0, 0.05) is 25.7 Å². The highest BCUT2D eigenvalue weighted by Crippen LogP contribution is 2.22. The summed E-state index contributed by atoms with van der Waals surface area (Å²) in [4.78, 5) is 2.24. The van der Waals surface area contributed by atoms with Gasteiger partial charge in [0.2, 0.25) is 0 Å². The van der Waals surface area contributed by atoms with E-state index in [2.05, 4.69) is 42.5 Å². The minimum atomic E-state index is 0.337. The number of ether oxygens (including phenoxy) is 2. The fourth-order valence-electron chi connectivity index (χ4n) is 2.80. The predicted molar refractivity (Wildman–Crippen MR) is 85.9 cm³/mol. The maximum atomic E-state index is 5.77. The third kappa shape index (κ3) is 4.99. The van der Waals surface area contributed by atoms with Crippen LogP contribution in [-0.4, -0.2) is 51.9 Å². The predicted octanol–water partition coefficient (Wildman–Crippen LogP) is 2.46. The molecule has 0 spiro atoms. The Labute approximate surface area is 128 Å². The largest absolute Gasteiger partial charge is 0.497 e. The molecule has 2 atom stereocenters. The first-order valence-corrected chi connectivity index (χ1v) is 7.83. The van der Waals surface area contributed by atoms with E-state index >= 15 is 0 Å². The van der Waals surface area contributed by atoms with Crippen LogP contribution in [-0.2, 0) is 4.74 Å². The first-order valence-electron chi connectivity index (χ1n) is 7.83. The van der Waals surface area contributed by atoms with Crippen molar-refractivity contribution in [2.75, 3.05) is 40.9 Å². The third-order valence-electron chi connectivity index (χ3n) is 4.09. The number of rotatable bonds is 7. The van der Waals surface area contributed by atoms with Crippen LogP contribution >= 0.6 is 0 Å². The molecule has 21 heavy (non-hydrogen) atoms. The Bertz CT molecular complexity index is 417. The number of nitrogens with one attached hydrogen (secondary N) is 1. The van der Waals surface area contributed by atoms with Crippen LogP contribution < -0.4 is 10.1 Å². The second-order valence-electron chi connectivity index (χ2n) is 5.90. The van der Waals surface area contributed by atoms with Crippen molar-refractivity contribution in [2.24, 2.45) is 0 Å². The molecule has 0 radical (unpaired) electrons. The monoisotopic (exact) mass is 292 g/mol. The number of hydrogen-bond donors (Lipinski definition) is 1. The van der Waals surface area contributed by atoms with Gasteiger partial charge in [0.15, 0.2) is 0 Å². The minimum absolute atomic E-state index is 0.337. The van der Waals surface area contributed by atoms with Gasteiger partial charge in [-0.25, -0.2) is 0 Å². The van der Waals surface area contributed by atoms with Gasteiger partial charge in [0.25, 0.3) is 0 Å². The van der Waals surface area contributed by atoms with Crippen molar-refractivity contribution in [3.05, 3.63) is 29.8 Å². The number of likely N-dealkylation sites (N-methyl/N-ethyl adjacent to an activating group) is 1. The quantitative estimate of drug-likeness (QED) is 0.837. The van der Waals surface area contributed by atoms with Crippen molar-refractivity contribution in [2.45, 2.75) is 31.4 Å². The SMILES string of the molecule is COc1cccc(C(CNCC2CCCCO2)N(C)C)c1. The van der Waals surface area contributed by atoms with Gasteiger partial charge in [0.1, 0.15) is 5.75 Å². The van der Waals surface area contributed by atoms with Crippen LogP contribution in [0.2, 0.25) is 0 Å². The Morgan fingerprint density at radius 2 is 2.24 bits per heavy atom. The van der Waals surface area contributed by atoms with E-state index in [0.29, 0.717) is 12.1 Å². The molecule has 4 heteroatoms. The van der Waals surface area contributed by atoms with Gasteiger partial charge in [-0.2, -0.15) is 0 Å². The number of benzene rings is 1. The Balaban J connectivity index is 1.89. The molecule has 118 valence electrons. The summed E-state index contributed by atoms with van der Waals surface area (Å²) < 4.78 is 11.1. The summed E-state index contributed by atoms with van der Waals surface area (Å²) in [5.41, 5.74) is 1.27. The van der Waals surface area contributed by atoms with Crippen LogP contribution in [0.15, 0.2) is 24.3 Å². The van der Waals surface area contributed by atoms with Crippen LogP contribution in [0.4, 0.5) is 0 Å². The van der Waals surface area contributed by atoms with Gasteiger partial charge in [-0.15, -0.1) is 0 Å². The summed E-state index contributed by atoms with van der Waals surface area (Å²) in [5.74, 6) is 0.912. The molecule has 4 nitrogen and oxygen atoms in total. The van der Waals surface area contributed by atoms with Crippen LogP contribution in [0.5, 0.6) is 5.75 Å². The molecule has 0 aromatic heterocycles. The molecule has 0 saturated carbocycles. The first kappa shape index (κ1) is 16.3. The Morgan fingerprint density at radius 3 is 2.90 bits per heavy atom. The molecule has 2 rings (SSSR count). The van der Waals surface area contributed by atoms with Gasteiger partial charge in [0.05, 0.1) is 13.2 Å². The third-order valence-corrected chi connectivity index (χ3v) is 4.09. The molecular formula is C17H28N2O2. The van der Waals surface area contributed by atoms with Crippen molar-refractivity contribution in [3.8, 4) is 5.75 Å². The van der Waals surface area contributed by atoms with Crippen molar-refractivity contribution in [3.63, 3.8) is 0 Å². The summed E-state index contributed by atoms with van der Waals surface area (Å²) in [5, 5.41) is 3.57. The molecule has 1 N–H and O–H groups in total. The molecule has 1 aromatic carbocycles. The van der Waals surface area contributed by atoms with E-state index in [4.69, 9.17) is 9.47 Å². The lowest BCUT2D eigenvalue weighted by Crippen LogP contribution is -2.37. The van der Waals surface area contributed by atoms with E-state index in [1.807, 2.05) is 6.07 Å². The Morgan fingerprint density at radius 1 is 1.38 bits per heavy atom. The summed E-state index contributed by atoms with van der Waals surface area (Å²) in [6.45, 7) is 2.77. The minimum Gasteiger partial charge on any atom is -0.497 e. The van der Waals surface area contributed by atoms with Crippen molar-refractivity contribution >= 4 is 0 Å². The first-order chi connectivity index (χ1) is 10.2. The summed E-state index contributed by atoms with van der Waals surface area (Å²) in [6, 6.07) is 8.65. The van der Waals surface area contributed by atoms with E-state index in [9.17, 15) is 0 Å². The van der Waals surface area contributed by atoms with E-state index in [1.165, 1.54) is 24.8 Å². The van der Waals surface area contributed by atoms with E-state index < -0.39 is 0 Å². The van der Waals surface area contributed by atoms with Crippen molar-refractivity contribution < 1.29 is 9.47 Å². The van der Waals surface area contributed by atoms with Crippen LogP contribution in [0.3, 0.4) is 0 Å². The number of nitrogens with zero attached hydrogens (tertiary/aromatic N) is 1. The Hall–Kier alpha value is -1.10. The average Bonchev–Trinajstić information content (AvgIpc) is 2.52. The maximum Gasteiger partial charge on any atom is 0.119 e. The zero-order valence-corrected chi connectivity index (χ0v) is 13.5. The Kier molecular flexibility index (Phi) is 6.49. The molecule has 1 aromatic rings. The highest BCUT2D eigenvalue weighted by atomic mass is 16.5. The zero-order valence-electron chi connectivity index (χ0n) is 13.5. The van der Waals surface area contributed by atoms with Crippen LogP contribution in [0.25, 0.3) is 0 Å². The second-order valence-corrected chi connectivity index (χ2v) is 5.90. The molecule has 1 heterocycles. The van der Waals surface area contributed by atoms with Crippen LogP contribution in [0, 0.1) is 0 Å². The molecule has 0 amide bonds. The van der Waals surface area contributed by atoms with Crippen LogP contribution in [0.1, 0.15) is 30.9 Å². The van der Waals surface area contributed by atoms with E-state index in [0.717, 1.165) is 25.4 Å². The van der Waals surface area contributed by atoms with Gasteiger partial charge in [-0.3, -0.25) is 0 Å². The van der Waals surface area contributed by atoms with E-state index in [1.54, 1.807) is 7.11 Å². The smallest absolute Gasteiger partial charge is 0.119 e. The van der Waals surface area contributed by atoms with Crippen molar-refractivity contribution in [1.29, 1.82) is 0 Å². The standard InChI is InChI=1S/C17H28N2O2/c1-19(2)17(14-7-6-9-15(11-14)20-3)13-18-12-16-8-4-5-10-21-16/h6-7,9,11,16-18H,4-5,8,10,12-13H2,1-3H3. The molecule has 1 aliphatic rings. The van der Waals surface area contributed by atoms with Gasteiger partial charge in [-0.1, -0.05) is 12.1 Å². The topological polar surface area (TPSA) is 33.7 Å².